The van der Waals surface area contributed by atoms with Gasteiger partial charge in [0, 0.05) is 44.2 Å². The number of hydrogen-bond donors (Lipinski definition) is 2. The van der Waals surface area contributed by atoms with Crippen molar-refractivity contribution in [1.82, 2.24) is 15.5 Å². The molecule has 0 radical (unpaired) electrons. The largest absolute Gasteiger partial charge is 0.356 e. The summed E-state index contributed by atoms with van der Waals surface area (Å²) in [6, 6.07) is 8.50. The number of aliphatic imine (C=N–C) groups is 1. The Morgan fingerprint density at radius 1 is 1.27 bits per heavy atom. The molecular formula is C20H32FIN4. The molecule has 0 unspecified atom stereocenters. The molecule has 0 saturated heterocycles. The summed E-state index contributed by atoms with van der Waals surface area (Å²) >= 11 is 0. The maximum Gasteiger partial charge on any atom is 0.191 e. The normalized spacial score (nSPS) is 18.6. The molecule has 2 fully saturated rings. The van der Waals surface area contributed by atoms with Gasteiger partial charge in [0.25, 0.3) is 0 Å². The minimum atomic E-state index is -0.0956. The van der Waals surface area contributed by atoms with Gasteiger partial charge in [0.05, 0.1) is 0 Å². The van der Waals surface area contributed by atoms with Gasteiger partial charge in [0.1, 0.15) is 5.82 Å². The van der Waals surface area contributed by atoms with Gasteiger partial charge >= 0.3 is 0 Å². The maximum atomic E-state index is 14.1. The van der Waals surface area contributed by atoms with E-state index in [-0.39, 0.29) is 35.2 Å². The average molecular weight is 474 g/mol. The van der Waals surface area contributed by atoms with Crippen LogP contribution in [0.25, 0.3) is 0 Å². The van der Waals surface area contributed by atoms with Crippen molar-refractivity contribution in [3.63, 3.8) is 0 Å². The van der Waals surface area contributed by atoms with Gasteiger partial charge in [0.2, 0.25) is 0 Å². The second-order valence-corrected chi connectivity index (χ2v) is 7.68. The van der Waals surface area contributed by atoms with E-state index in [1.54, 1.807) is 19.2 Å². The molecule has 2 aliphatic carbocycles. The molecule has 0 aliphatic heterocycles. The van der Waals surface area contributed by atoms with Crippen LogP contribution in [0.5, 0.6) is 0 Å². The summed E-state index contributed by atoms with van der Waals surface area (Å²) in [4.78, 5) is 6.88. The molecule has 0 heterocycles. The van der Waals surface area contributed by atoms with Crippen LogP contribution in [0, 0.1) is 5.82 Å². The molecule has 0 atom stereocenters. The Hall–Kier alpha value is -0.890. The predicted octanol–water partition coefficient (Wildman–Crippen LogP) is 3.51. The van der Waals surface area contributed by atoms with Gasteiger partial charge in [0.15, 0.2) is 5.96 Å². The fourth-order valence-electron chi connectivity index (χ4n) is 3.63. The number of halogens is 2. The first-order chi connectivity index (χ1) is 12.1. The van der Waals surface area contributed by atoms with E-state index in [0.717, 1.165) is 50.0 Å². The van der Waals surface area contributed by atoms with Crippen LogP contribution < -0.4 is 10.6 Å². The highest BCUT2D eigenvalue weighted by molar-refractivity contribution is 14.0. The standard InChI is InChI=1S/C20H31FN4.HI/c1-15(2)25(16-8-9-16)13-12-23-19(22-3)24-14-20(10-11-20)17-6-4-5-7-18(17)21;/h4-7,15-16H,8-14H2,1-3H3,(H2,22,23,24);1H. The number of nitrogens with one attached hydrogen (secondary N) is 2. The highest BCUT2D eigenvalue weighted by Crippen LogP contribution is 2.48. The van der Waals surface area contributed by atoms with Gasteiger partial charge in [-0.1, -0.05) is 18.2 Å². The van der Waals surface area contributed by atoms with Crippen LogP contribution in [0.3, 0.4) is 0 Å². The molecule has 4 nitrogen and oxygen atoms in total. The second-order valence-electron chi connectivity index (χ2n) is 7.68. The van der Waals surface area contributed by atoms with E-state index in [9.17, 15) is 4.39 Å². The predicted molar refractivity (Wildman–Crippen MR) is 117 cm³/mol. The Balaban J connectivity index is 0.00000243. The Bertz CT molecular complexity index is 610. The van der Waals surface area contributed by atoms with Crippen LogP contribution in [-0.4, -0.2) is 49.6 Å². The van der Waals surface area contributed by atoms with E-state index >= 15 is 0 Å². The molecular weight excluding hydrogens is 442 g/mol. The lowest BCUT2D eigenvalue weighted by Crippen LogP contribution is -2.45. The van der Waals surface area contributed by atoms with Crippen molar-refractivity contribution in [2.24, 2.45) is 4.99 Å². The van der Waals surface area contributed by atoms with E-state index < -0.39 is 0 Å². The lowest BCUT2D eigenvalue weighted by molar-refractivity contribution is 0.215. The minimum Gasteiger partial charge on any atom is -0.356 e. The Morgan fingerprint density at radius 3 is 2.50 bits per heavy atom. The zero-order valence-electron chi connectivity index (χ0n) is 16.1. The summed E-state index contributed by atoms with van der Waals surface area (Å²) in [6.07, 6.45) is 4.72. The quantitative estimate of drug-likeness (QED) is 0.344. The summed E-state index contributed by atoms with van der Waals surface area (Å²) in [5, 5.41) is 6.81. The Morgan fingerprint density at radius 2 is 1.96 bits per heavy atom. The van der Waals surface area contributed by atoms with Crippen LogP contribution in [-0.2, 0) is 5.41 Å². The lowest BCUT2D eigenvalue weighted by atomic mass is 9.95. The van der Waals surface area contributed by atoms with E-state index in [2.05, 4.69) is 34.4 Å². The number of nitrogens with zero attached hydrogens (tertiary/aromatic N) is 2. The van der Waals surface area contributed by atoms with Crippen LogP contribution in [0.15, 0.2) is 29.3 Å². The van der Waals surface area contributed by atoms with Gasteiger partial charge < -0.3 is 10.6 Å². The molecule has 2 N–H and O–H groups in total. The van der Waals surface area contributed by atoms with E-state index in [4.69, 9.17) is 0 Å². The van der Waals surface area contributed by atoms with E-state index in [1.165, 1.54) is 12.8 Å². The van der Waals surface area contributed by atoms with Gasteiger partial charge in [-0.05, 0) is 51.2 Å². The van der Waals surface area contributed by atoms with Crippen LogP contribution >= 0.6 is 24.0 Å². The topological polar surface area (TPSA) is 39.7 Å². The molecule has 0 spiro atoms. The fraction of sp³-hybridized carbons (Fsp3) is 0.650. The molecule has 0 bridgehead atoms. The van der Waals surface area contributed by atoms with Gasteiger partial charge in [-0.2, -0.15) is 0 Å². The maximum absolute atomic E-state index is 14.1. The monoisotopic (exact) mass is 474 g/mol. The van der Waals surface area contributed by atoms with Crippen LogP contribution in [0.4, 0.5) is 4.39 Å². The Kier molecular flexibility index (Phi) is 7.70. The van der Waals surface area contributed by atoms with Crippen molar-refractivity contribution in [1.29, 1.82) is 0 Å². The molecule has 1 aromatic rings. The van der Waals surface area contributed by atoms with Gasteiger partial charge in [-0.15, -0.1) is 24.0 Å². The summed E-state index contributed by atoms with van der Waals surface area (Å²) in [5.74, 6) is 0.712. The third kappa shape index (κ3) is 5.31. The first-order valence-electron chi connectivity index (χ1n) is 9.51. The zero-order valence-corrected chi connectivity index (χ0v) is 18.4. The van der Waals surface area contributed by atoms with E-state index in [0.29, 0.717) is 6.04 Å². The summed E-state index contributed by atoms with van der Waals surface area (Å²) in [6.45, 7) is 7.15. The molecule has 0 aromatic heterocycles. The van der Waals surface area contributed by atoms with Crippen molar-refractivity contribution < 1.29 is 4.39 Å². The molecule has 2 saturated carbocycles. The van der Waals surface area contributed by atoms with Gasteiger partial charge in [-0.3, -0.25) is 9.89 Å². The number of guanidine groups is 1. The van der Waals surface area contributed by atoms with Crippen LogP contribution in [0.2, 0.25) is 0 Å². The number of rotatable bonds is 8. The fourth-order valence-corrected chi connectivity index (χ4v) is 3.63. The first-order valence-corrected chi connectivity index (χ1v) is 9.51. The number of benzene rings is 1. The van der Waals surface area contributed by atoms with E-state index in [1.807, 2.05) is 12.1 Å². The molecule has 2 aliphatic rings. The molecule has 26 heavy (non-hydrogen) atoms. The van der Waals surface area contributed by atoms with Crippen molar-refractivity contribution >= 4 is 29.9 Å². The molecule has 1 aromatic carbocycles. The Labute approximate surface area is 174 Å². The highest BCUT2D eigenvalue weighted by Gasteiger charge is 2.45. The SMILES string of the molecule is CN=C(NCCN(C(C)C)C1CC1)NCC1(c2ccccc2F)CC1.I. The molecule has 146 valence electrons. The second kappa shape index (κ2) is 9.35. The lowest BCUT2D eigenvalue weighted by Gasteiger charge is -2.27. The minimum absolute atomic E-state index is 0. The summed E-state index contributed by atoms with van der Waals surface area (Å²) < 4.78 is 14.1. The highest BCUT2D eigenvalue weighted by atomic mass is 127. The van der Waals surface area contributed by atoms with Crippen molar-refractivity contribution in [2.75, 3.05) is 26.7 Å². The zero-order chi connectivity index (χ0) is 17.9. The summed E-state index contributed by atoms with van der Waals surface area (Å²) in [5.41, 5.74) is 0.763. The average Bonchev–Trinajstić information content (AvgIpc) is 3.49. The smallest absolute Gasteiger partial charge is 0.191 e. The molecule has 0 amide bonds. The molecule has 6 heteroatoms. The van der Waals surface area contributed by atoms with Crippen molar-refractivity contribution in [3.8, 4) is 0 Å². The van der Waals surface area contributed by atoms with Crippen molar-refractivity contribution in [3.05, 3.63) is 35.6 Å². The van der Waals surface area contributed by atoms with Crippen LogP contribution in [0.1, 0.15) is 45.1 Å². The molecule has 3 rings (SSSR count). The third-order valence-corrected chi connectivity index (χ3v) is 5.46. The first kappa shape index (κ1) is 21.4. The van der Waals surface area contributed by atoms with Crippen molar-refractivity contribution in [2.45, 2.75) is 57.0 Å². The van der Waals surface area contributed by atoms with Gasteiger partial charge in [-0.25, -0.2) is 4.39 Å². The third-order valence-electron chi connectivity index (χ3n) is 5.46. The summed E-state index contributed by atoms with van der Waals surface area (Å²) in [7, 11) is 1.79. The number of hydrogen-bond acceptors (Lipinski definition) is 2.